The number of carbonyl (C=O) groups is 1. The molecule has 12 heavy (non-hydrogen) atoms. The lowest BCUT2D eigenvalue weighted by molar-refractivity contribution is -0.116. The number of amides is 1. The standard InChI is InChI=1S/C9H12BrNO/c1-7(6-8-2-3-8)11-9(12)4-5-10/h7-8H,2-3,6H2,1H3,(H,11,12). The van der Waals surface area contributed by atoms with E-state index >= 15 is 0 Å². The maximum Gasteiger partial charge on any atom is 0.296 e. The van der Waals surface area contributed by atoms with Crippen molar-refractivity contribution in [3.63, 3.8) is 0 Å². The highest BCUT2D eigenvalue weighted by atomic mass is 79.9. The topological polar surface area (TPSA) is 29.1 Å². The zero-order chi connectivity index (χ0) is 8.97. The second-order valence-electron chi connectivity index (χ2n) is 3.27. The molecule has 3 heteroatoms. The Bertz CT molecular complexity index is 224. The van der Waals surface area contributed by atoms with E-state index < -0.39 is 0 Å². The van der Waals surface area contributed by atoms with Crippen LogP contribution >= 0.6 is 15.9 Å². The SMILES string of the molecule is CC(CC1CC1)NC(=O)C#CBr. The van der Waals surface area contributed by atoms with Crippen molar-refractivity contribution < 1.29 is 4.79 Å². The summed E-state index contributed by atoms with van der Waals surface area (Å²) in [5.41, 5.74) is 0. The van der Waals surface area contributed by atoms with Crippen LogP contribution in [0.15, 0.2) is 0 Å². The van der Waals surface area contributed by atoms with Crippen LogP contribution in [0.5, 0.6) is 0 Å². The summed E-state index contributed by atoms with van der Waals surface area (Å²) in [4.78, 5) is 13.3. The lowest BCUT2D eigenvalue weighted by Crippen LogP contribution is -2.31. The first-order valence-corrected chi connectivity index (χ1v) is 4.94. The normalized spacial score (nSPS) is 17.5. The van der Waals surface area contributed by atoms with Crippen molar-refractivity contribution in [2.75, 3.05) is 0 Å². The van der Waals surface area contributed by atoms with Crippen molar-refractivity contribution in [2.45, 2.75) is 32.2 Å². The van der Waals surface area contributed by atoms with E-state index in [1.807, 2.05) is 6.92 Å². The lowest BCUT2D eigenvalue weighted by atomic mass is 10.1. The third-order valence-corrected chi connectivity index (χ3v) is 2.12. The van der Waals surface area contributed by atoms with Gasteiger partial charge in [0.1, 0.15) is 0 Å². The zero-order valence-corrected chi connectivity index (χ0v) is 8.65. The molecule has 1 aliphatic rings. The number of halogens is 1. The highest BCUT2D eigenvalue weighted by Gasteiger charge is 2.23. The van der Waals surface area contributed by atoms with E-state index in [4.69, 9.17) is 0 Å². The van der Waals surface area contributed by atoms with Crippen molar-refractivity contribution >= 4 is 21.8 Å². The zero-order valence-electron chi connectivity index (χ0n) is 7.06. The first-order valence-electron chi connectivity index (χ1n) is 4.14. The minimum atomic E-state index is -0.194. The first-order chi connectivity index (χ1) is 5.72. The Morgan fingerprint density at radius 1 is 1.75 bits per heavy atom. The van der Waals surface area contributed by atoms with Crippen LogP contribution in [-0.2, 0) is 4.79 Å². The monoisotopic (exact) mass is 229 g/mol. The molecule has 0 aromatic heterocycles. The van der Waals surface area contributed by atoms with E-state index in [0.29, 0.717) is 0 Å². The third-order valence-electron chi connectivity index (χ3n) is 1.92. The number of hydrogen-bond acceptors (Lipinski definition) is 1. The summed E-state index contributed by atoms with van der Waals surface area (Å²) in [5.74, 6) is 3.04. The maximum absolute atomic E-state index is 10.9. The number of carbonyl (C=O) groups excluding carboxylic acids is 1. The number of nitrogens with one attached hydrogen (secondary N) is 1. The largest absolute Gasteiger partial charge is 0.343 e. The van der Waals surface area contributed by atoms with Gasteiger partial charge in [0.15, 0.2) is 0 Å². The van der Waals surface area contributed by atoms with Crippen molar-refractivity contribution in [1.82, 2.24) is 5.32 Å². The molecule has 1 atom stereocenters. The molecular weight excluding hydrogens is 218 g/mol. The highest BCUT2D eigenvalue weighted by molar-refractivity contribution is 9.12. The Morgan fingerprint density at radius 2 is 2.42 bits per heavy atom. The molecule has 1 rings (SSSR count). The third kappa shape index (κ3) is 3.77. The molecule has 0 saturated heterocycles. The summed E-state index contributed by atoms with van der Waals surface area (Å²) < 4.78 is 0. The van der Waals surface area contributed by atoms with Gasteiger partial charge in [-0.1, -0.05) is 12.8 Å². The van der Waals surface area contributed by atoms with Gasteiger partial charge in [0.05, 0.1) is 0 Å². The van der Waals surface area contributed by atoms with Crippen LogP contribution in [-0.4, -0.2) is 11.9 Å². The van der Waals surface area contributed by atoms with Crippen LogP contribution in [0.4, 0.5) is 0 Å². The van der Waals surface area contributed by atoms with Gasteiger partial charge < -0.3 is 5.32 Å². The summed E-state index contributed by atoms with van der Waals surface area (Å²) in [6.45, 7) is 2.02. The van der Waals surface area contributed by atoms with Gasteiger partial charge in [0, 0.05) is 27.9 Å². The summed E-state index contributed by atoms with van der Waals surface area (Å²) in [6.07, 6.45) is 3.74. The van der Waals surface area contributed by atoms with E-state index in [1.54, 1.807) is 0 Å². The van der Waals surface area contributed by atoms with Crippen molar-refractivity contribution in [2.24, 2.45) is 5.92 Å². The molecule has 0 spiro atoms. The van der Waals surface area contributed by atoms with E-state index in [-0.39, 0.29) is 11.9 Å². The predicted molar refractivity (Wildman–Crippen MR) is 51.6 cm³/mol. The molecule has 0 radical (unpaired) electrons. The second kappa shape index (κ2) is 4.51. The van der Waals surface area contributed by atoms with Gasteiger partial charge in [-0.25, -0.2) is 0 Å². The molecule has 1 amide bonds. The fourth-order valence-electron chi connectivity index (χ4n) is 1.22. The van der Waals surface area contributed by atoms with Crippen LogP contribution in [0.2, 0.25) is 0 Å². The summed E-state index contributed by atoms with van der Waals surface area (Å²) in [5, 5.41) is 2.81. The average Bonchev–Trinajstić information content (AvgIpc) is 2.71. The molecule has 1 aliphatic carbocycles. The van der Waals surface area contributed by atoms with E-state index in [1.165, 1.54) is 12.8 Å². The van der Waals surface area contributed by atoms with Crippen LogP contribution in [0, 0.1) is 16.7 Å². The molecule has 66 valence electrons. The molecule has 0 aliphatic heterocycles. The van der Waals surface area contributed by atoms with Crippen LogP contribution in [0.1, 0.15) is 26.2 Å². The van der Waals surface area contributed by atoms with Crippen molar-refractivity contribution in [3.8, 4) is 10.8 Å². The van der Waals surface area contributed by atoms with Crippen LogP contribution < -0.4 is 5.32 Å². The van der Waals surface area contributed by atoms with Gasteiger partial charge in [-0.2, -0.15) is 0 Å². The van der Waals surface area contributed by atoms with E-state index in [9.17, 15) is 4.79 Å². The van der Waals surface area contributed by atoms with Crippen molar-refractivity contribution in [3.05, 3.63) is 0 Å². The maximum atomic E-state index is 10.9. The molecule has 1 N–H and O–H groups in total. The molecule has 0 aromatic carbocycles. The predicted octanol–water partition coefficient (Wildman–Crippen LogP) is 1.65. The Hall–Kier alpha value is -0.490. The Morgan fingerprint density at radius 3 is 2.92 bits per heavy atom. The minimum Gasteiger partial charge on any atom is -0.343 e. The van der Waals surface area contributed by atoms with Crippen LogP contribution in [0.25, 0.3) is 0 Å². The molecule has 0 aromatic rings. The molecule has 1 saturated carbocycles. The van der Waals surface area contributed by atoms with Gasteiger partial charge in [-0.15, -0.1) is 0 Å². The summed E-state index contributed by atoms with van der Waals surface area (Å²) >= 11 is 2.88. The number of rotatable bonds is 3. The number of hydrogen-bond donors (Lipinski definition) is 1. The van der Waals surface area contributed by atoms with Gasteiger partial charge in [-0.3, -0.25) is 4.79 Å². The van der Waals surface area contributed by atoms with Gasteiger partial charge in [-0.05, 0) is 24.1 Å². The second-order valence-corrected chi connectivity index (χ2v) is 3.67. The fourth-order valence-corrected chi connectivity index (χ4v) is 1.40. The average molecular weight is 230 g/mol. The Kier molecular flexibility index (Phi) is 3.61. The molecule has 0 bridgehead atoms. The Labute approximate surface area is 81.2 Å². The quantitative estimate of drug-likeness (QED) is 0.734. The summed E-state index contributed by atoms with van der Waals surface area (Å²) in [7, 11) is 0. The molecule has 0 heterocycles. The molecule has 1 unspecified atom stereocenters. The lowest BCUT2D eigenvalue weighted by Gasteiger charge is -2.09. The Balaban J connectivity index is 2.17. The van der Waals surface area contributed by atoms with Gasteiger partial charge >= 0.3 is 0 Å². The first kappa shape index (κ1) is 9.60. The minimum absolute atomic E-state index is 0.194. The molecule has 1 fully saturated rings. The van der Waals surface area contributed by atoms with Gasteiger partial charge in [0.25, 0.3) is 5.91 Å². The summed E-state index contributed by atoms with van der Waals surface area (Å²) in [6, 6.07) is 0.262. The molecule has 2 nitrogen and oxygen atoms in total. The fraction of sp³-hybridized carbons (Fsp3) is 0.667. The highest BCUT2D eigenvalue weighted by Crippen LogP contribution is 2.33. The smallest absolute Gasteiger partial charge is 0.296 e. The van der Waals surface area contributed by atoms with Crippen molar-refractivity contribution in [1.29, 1.82) is 0 Å². The van der Waals surface area contributed by atoms with Gasteiger partial charge in [0.2, 0.25) is 0 Å². The van der Waals surface area contributed by atoms with E-state index in [2.05, 4.69) is 32.0 Å². The van der Waals surface area contributed by atoms with Crippen LogP contribution in [0.3, 0.4) is 0 Å². The van der Waals surface area contributed by atoms with E-state index in [0.717, 1.165) is 12.3 Å². The molecular formula is C9H12BrNO.